The van der Waals surface area contributed by atoms with Crippen molar-refractivity contribution in [3.05, 3.63) is 0 Å². The zero-order chi connectivity index (χ0) is 10.8. The summed E-state index contributed by atoms with van der Waals surface area (Å²) >= 11 is 0. The van der Waals surface area contributed by atoms with Crippen molar-refractivity contribution in [2.45, 2.75) is 39.5 Å². The number of nitrogens with two attached hydrogens (primary N) is 1. The van der Waals surface area contributed by atoms with E-state index in [9.17, 15) is 8.42 Å². The Morgan fingerprint density at radius 1 is 1.36 bits per heavy atom. The van der Waals surface area contributed by atoms with E-state index in [0.717, 1.165) is 25.7 Å². The third kappa shape index (κ3) is 4.39. The molecule has 0 bridgehead atoms. The number of rotatable bonds is 3. The van der Waals surface area contributed by atoms with E-state index in [4.69, 9.17) is 5.14 Å². The molecular weight excluding hydrogens is 202 g/mol. The van der Waals surface area contributed by atoms with Gasteiger partial charge >= 0.3 is 10.3 Å². The molecule has 1 aliphatic carbocycles. The van der Waals surface area contributed by atoms with E-state index in [0.29, 0.717) is 11.3 Å². The van der Waals surface area contributed by atoms with E-state index < -0.39 is 10.3 Å². The van der Waals surface area contributed by atoms with Gasteiger partial charge in [0.1, 0.15) is 0 Å². The van der Waals surface area contributed by atoms with Crippen LogP contribution in [0.2, 0.25) is 0 Å². The van der Waals surface area contributed by atoms with Gasteiger partial charge in [0.05, 0.1) is 6.61 Å². The molecule has 1 saturated carbocycles. The van der Waals surface area contributed by atoms with Gasteiger partial charge in [-0.3, -0.25) is 4.18 Å². The molecule has 1 fully saturated rings. The van der Waals surface area contributed by atoms with Gasteiger partial charge in [-0.1, -0.05) is 13.8 Å². The standard InChI is InChI=1S/C9H19NO3S/c1-9(2)5-3-8(4-6-9)7-13-14(10,11)12/h8H,3-7H2,1-2H3,(H2,10,11,12). The second-order valence-corrected chi connectivity index (χ2v) is 6.11. The van der Waals surface area contributed by atoms with E-state index in [2.05, 4.69) is 18.0 Å². The Kier molecular flexibility index (Phi) is 3.55. The van der Waals surface area contributed by atoms with Crippen molar-refractivity contribution in [1.29, 1.82) is 0 Å². The average Bonchev–Trinajstić information content (AvgIpc) is 2.01. The van der Waals surface area contributed by atoms with Crippen LogP contribution in [0.25, 0.3) is 0 Å². The summed E-state index contributed by atoms with van der Waals surface area (Å²) < 4.78 is 25.7. The van der Waals surface area contributed by atoms with Crippen molar-refractivity contribution >= 4 is 10.3 Å². The molecule has 1 aliphatic rings. The van der Waals surface area contributed by atoms with E-state index in [1.165, 1.54) is 0 Å². The highest BCUT2D eigenvalue weighted by Crippen LogP contribution is 2.37. The quantitative estimate of drug-likeness (QED) is 0.783. The van der Waals surface area contributed by atoms with Crippen molar-refractivity contribution in [2.24, 2.45) is 16.5 Å². The van der Waals surface area contributed by atoms with Gasteiger partial charge < -0.3 is 0 Å². The topological polar surface area (TPSA) is 69.4 Å². The van der Waals surface area contributed by atoms with Crippen LogP contribution >= 0.6 is 0 Å². The first kappa shape index (κ1) is 11.9. The predicted molar refractivity (Wildman–Crippen MR) is 54.8 cm³/mol. The maximum Gasteiger partial charge on any atom is 0.333 e. The van der Waals surface area contributed by atoms with Gasteiger partial charge in [0.15, 0.2) is 0 Å². The maximum atomic E-state index is 10.6. The molecule has 0 heterocycles. The van der Waals surface area contributed by atoms with Gasteiger partial charge in [0.25, 0.3) is 0 Å². The second kappa shape index (κ2) is 4.16. The minimum Gasteiger partial charge on any atom is -0.258 e. The summed E-state index contributed by atoms with van der Waals surface area (Å²) in [6.07, 6.45) is 4.32. The van der Waals surface area contributed by atoms with Crippen LogP contribution in [0.15, 0.2) is 0 Å². The lowest BCUT2D eigenvalue weighted by Gasteiger charge is -2.33. The molecule has 0 aromatic carbocycles. The minimum absolute atomic E-state index is 0.245. The number of hydrogen-bond acceptors (Lipinski definition) is 3. The van der Waals surface area contributed by atoms with Crippen LogP contribution in [0, 0.1) is 11.3 Å². The molecule has 0 radical (unpaired) electrons. The molecule has 2 N–H and O–H groups in total. The third-order valence-corrected chi connectivity index (χ3v) is 3.39. The fourth-order valence-electron chi connectivity index (χ4n) is 1.82. The highest BCUT2D eigenvalue weighted by Gasteiger charge is 2.27. The molecule has 0 saturated heterocycles. The fourth-order valence-corrected chi connectivity index (χ4v) is 2.20. The Morgan fingerprint density at radius 3 is 2.29 bits per heavy atom. The summed E-state index contributed by atoms with van der Waals surface area (Å²) in [4.78, 5) is 0. The Bertz CT molecular complexity index is 274. The summed E-state index contributed by atoms with van der Waals surface area (Å²) in [5, 5.41) is 4.76. The summed E-state index contributed by atoms with van der Waals surface area (Å²) in [7, 11) is -3.75. The van der Waals surface area contributed by atoms with Gasteiger partial charge in [-0.2, -0.15) is 8.42 Å². The van der Waals surface area contributed by atoms with Crippen molar-refractivity contribution in [3.8, 4) is 0 Å². The zero-order valence-electron chi connectivity index (χ0n) is 8.82. The number of hydrogen-bond donors (Lipinski definition) is 1. The van der Waals surface area contributed by atoms with Gasteiger partial charge in [0.2, 0.25) is 0 Å². The van der Waals surface area contributed by atoms with Gasteiger partial charge in [-0.05, 0) is 37.0 Å². The normalized spacial score (nSPS) is 23.6. The first-order chi connectivity index (χ1) is 6.29. The first-order valence-corrected chi connectivity index (χ1v) is 6.43. The van der Waals surface area contributed by atoms with Crippen LogP contribution in [0.1, 0.15) is 39.5 Å². The van der Waals surface area contributed by atoms with Crippen molar-refractivity contribution in [3.63, 3.8) is 0 Å². The fraction of sp³-hybridized carbons (Fsp3) is 1.00. The molecule has 1 rings (SSSR count). The van der Waals surface area contributed by atoms with Crippen LogP contribution in [0.4, 0.5) is 0 Å². The highest BCUT2D eigenvalue weighted by molar-refractivity contribution is 7.84. The van der Waals surface area contributed by atoms with Crippen LogP contribution in [0.3, 0.4) is 0 Å². The summed E-state index contributed by atoms with van der Waals surface area (Å²) in [6, 6.07) is 0. The van der Waals surface area contributed by atoms with Gasteiger partial charge in [-0.15, -0.1) is 0 Å². The smallest absolute Gasteiger partial charge is 0.258 e. The highest BCUT2D eigenvalue weighted by atomic mass is 32.2. The van der Waals surface area contributed by atoms with Crippen LogP contribution in [-0.4, -0.2) is 15.0 Å². The van der Waals surface area contributed by atoms with Crippen LogP contribution in [-0.2, 0) is 14.5 Å². The third-order valence-electron chi connectivity index (χ3n) is 2.93. The van der Waals surface area contributed by atoms with Gasteiger partial charge in [0, 0.05) is 0 Å². The lowest BCUT2D eigenvalue weighted by Crippen LogP contribution is -2.26. The second-order valence-electron chi connectivity index (χ2n) is 4.88. The zero-order valence-corrected chi connectivity index (χ0v) is 9.64. The lowest BCUT2D eigenvalue weighted by atomic mass is 9.73. The molecule has 0 spiro atoms. The Morgan fingerprint density at radius 2 is 1.86 bits per heavy atom. The molecule has 0 aromatic heterocycles. The van der Waals surface area contributed by atoms with E-state index in [1.807, 2.05) is 0 Å². The van der Waals surface area contributed by atoms with Crippen molar-refractivity contribution in [1.82, 2.24) is 0 Å². The van der Waals surface area contributed by atoms with Crippen LogP contribution < -0.4 is 5.14 Å². The van der Waals surface area contributed by atoms with E-state index in [1.54, 1.807) is 0 Å². The van der Waals surface area contributed by atoms with E-state index in [-0.39, 0.29) is 6.61 Å². The Hall–Kier alpha value is -0.130. The minimum atomic E-state index is -3.75. The van der Waals surface area contributed by atoms with Crippen molar-refractivity contribution in [2.75, 3.05) is 6.61 Å². The molecule has 0 aromatic rings. The van der Waals surface area contributed by atoms with Crippen LogP contribution in [0.5, 0.6) is 0 Å². The SMILES string of the molecule is CC1(C)CCC(COS(N)(=O)=O)CC1. The molecule has 0 unspecified atom stereocenters. The monoisotopic (exact) mass is 221 g/mol. The summed E-state index contributed by atoms with van der Waals surface area (Å²) in [5.74, 6) is 0.348. The first-order valence-electron chi connectivity index (χ1n) is 4.96. The average molecular weight is 221 g/mol. The molecule has 4 nitrogen and oxygen atoms in total. The Labute approximate surface area is 86.1 Å². The summed E-state index contributed by atoms with van der Waals surface area (Å²) in [5.41, 5.74) is 0.401. The maximum absolute atomic E-state index is 10.6. The molecule has 0 atom stereocenters. The van der Waals surface area contributed by atoms with Gasteiger partial charge in [-0.25, -0.2) is 5.14 Å². The molecule has 14 heavy (non-hydrogen) atoms. The molecular formula is C9H19NO3S. The largest absolute Gasteiger partial charge is 0.333 e. The van der Waals surface area contributed by atoms with Crippen molar-refractivity contribution < 1.29 is 12.6 Å². The predicted octanol–water partition coefficient (Wildman–Crippen LogP) is 1.42. The molecule has 5 heteroatoms. The molecule has 0 aliphatic heterocycles. The summed E-state index contributed by atoms with van der Waals surface area (Å²) in [6.45, 7) is 4.72. The molecule has 0 amide bonds. The Balaban J connectivity index is 2.30. The lowest BCUT2D eigenvalue weighted by molar-refractivity contribution is 0.145. The van der Waals surface area contributed by atoms with E-state index >= 15 is 0 Å². The molecule has 84 valence electrons.